The number of hydrogen-bond acceptors (Lipinski definition) is 3. The molecule has 2 heterocycles. The number of fused-ring (bicyclic) bond motifs is 1. The average molecular weight is 274 g/mol. The van der Waals surface area contributed by atoms with Gasteiger partial charge in [-0.1, -0.05) is 13.0 Å². The summed E-state index contributed by atoms with van der Waals surface area (Å²) in [6, 6.07) is 5.35. The molecule has 1 N–H and O–H groups in total. The number of carboxylic acid groups (broad SMARTS) is 1. The monoisotopic (exact) mass is 274 g/mol. The number of benzene rings is 1. The van der Waals surface area contributed by atoms with Crippen LogP contribution < -0.4 is 0 Å². The molecule has 5 heteroatoms. The Bertz CT molecular complexity index is 642. The molecule has 5 nitrogen and oxygen atoms in total. The molecule has 1 aliphatic heterocycles. The molecule has 2 aromatic rings. The van der Waals surface area contributed by atoms with E-state index < -0.39 is 5.97 Å². The zero-order valence-electron chi connectivity index (χ0n) is 11.5. The smallest absolute Gasteiger partial charge is 0.337 e. The maximum atomic E-state index is 11.3. The highest BCUT2D eigenvalue weighted by atomic mass is 16.5. The summed E-state index contributed by atoms with van der Waals surface area (Å²) < 4.78 is 7.58. The summed E-state index contributed by atoms with van der Waals surface area (Å²) >= 11 is 0. The minimum absolute atomic E-state index is 0.277. The molecule has 3 rings (SSSR count). The summed E-state index contributed by atoms with van der Waals surface area (Å²) in [5.74, 6) is 0.513. The number of carbonyl (C=O) groups is 1. The van der Waals surface area contributed by atoms with Crippen LogP contribution in [0.15, 0.2) is 18.2 Å². The lowest BCUT2D eigenvalue weighted by atomic mass is 10.1. The van der Waals surface area contributed by atoms with Gasteiger partial charge < -0.3 is 14.4 Å². The number of hydrogen-bond donors (Lipinski definition) is 1. The van der Waals surface area contributed by atoms with Crippen LogP contribution in [0.25, 0.3) is 11.0 Å². The van der Waals surface area contributed by atoms with Crippen LogP contribution in [0, 0.1) is 5.92 Å². The van der Waals surface area contributed by atoms with E-state index in [9.17, 15) is 9.90 Å². The van der Waals surface area contributed by atoms with Crippen molar-refractivity contribution >= 4 is 17.0 Å². The number of carboxylic acids is 1. The standard InChI is InChI=1S/C15H18N2O3/c1-2-13-16-14-11(15(18)19)4-3-5-12(14)17(13)8-10-6-7-20-9-10/h3-5,10H,2,6-9H2,1H3,(H,18,19). The first-order valence-electron chi connectivity index (χ1n) is 7.00. The first-order chi connectivity index (χ1) is 9.70. The summed E-state index contributed by atoms with van der Waals surface area (Å²) in [6.07, 6.45) is 1.85. The van der Waals surface area contributed by atoms with E-state index in [1.807, 2.05) is 13.0 Å². The second kappa shape index (κ2) is 5.25. The molecule has 20 heavy (non-hydrogen) atoms. The molecule has 1 aliphatic rings. The van der Waals surface area contributed by atoms with Crippen LogP contribution >= 0.6 is 0 Å². The van der Waals surface area contributed by atoms with Crippen molar-refractivity contribution in [1.29, 1.82) is 0 Å². The lowest BCUT2D eigenvalue weighted by Crippen LogP contribution is -2.13. The van der Waals surface area contributed by atoms with Crippen LogP contribution in [0.5, 0.6) is 0 Å². The number of aromatic nitrogens is 2. The highest BCUT2D eigenvalue weighted by Crippen LogP contribution is 2.24. The van der Waals surface area contributed by atoms with Crippen LogP contribution in [0.4, 0.5) is 0 Å². The Hall–Kier alpha value is -1.88. The molecule has 106 valence electrons. The second-order valence-corrected chi connectivity index (χ2v) is 5.20. The summed E-state index contributed by atoms with van der Waals surface area (Å²) in [6.45, 7) is 4.49. The van der Waals surface area contributed by atoms with Gasteiger partial charge in [0.1, 0.15) is 11.3 Å². The molecular weight excluding hydrogens is 256 g/mol. The number of rotatable bonds is 4. The van der Waals surface area contributed by atoms with Crippen molar-refractivity contribution in [3.63, 3.8) is 0 Å². The van der Waals surface area contributed by atoms with Crippen LogP contribution in [0.2, 0.25) is 0 Å². The Balaban J connectivity index is 2.09. The summed E-state index contributed by atoms with van der Waals surface area (Å²) in [4.78, 5) is 15.8. The van der Waals surface area contributed by atoms with Crippen LogP contribution in [0.1, 0.15) is 29.5 Å². The van der Waals surface area contributed by atoms with E-state index >= 15 is 0 Å². The van der Waals surface area contributed by atoms with Crippen molar-refractivity contribution in [2.45, 2.75) is 26.3 Å². The zero-order valence-corrected chi connectivity index (χ0v) is 11.5. The van der Waals surface area contributed by atoms with Crippen molar-refractivity contribution in [3.05, 3.63) is 29.6 Å². The van der Waals surface area contributed by atoms with E-state index in [1.165, 1.54) is 0 Å². The lowest BCUT2D eigenvalue weighted by molar-refractivity contribution is 0.0699. The van der Waals surface area contributed by atoms with Crippen LogP contribution in [-0.4, -0.2) is 33.8 Å². The normalized spacial score (nSPS) is 18.8. The fraction of sp³-hybridized carbons (Fsp3) is 0.467. The van der Waals surface area contributed by atoms with Gasteiger partial charge in [0.05, 0.1) is 17.7 Å². The van der Waals surface area contributed by atoms with E-state index in [0.29, 0.717) is 11.4 Å². The molecule has 0 aliphatic carbocycles. The van der Waals surface area contributed by atoms with E-state index in [4.69, 9.17) is 4.74 Å². The molecule has 0 spiro atoms. The fourth-order valence-corrected chi connectivity index (χ4v) is 2.83. The predicted molar refractivity (Wildman–Crippen MR) is 75.0 cm³/mol. The fourth-order valence-electron chi connectivity index (χ4n) is 2.83. The number of imidazole rings is 1. The van der Waals surface area contributed by atoms with E-state index in [1.54, 1.807) is 12.1 Å². The minimum Gasteiger partial charge on any atom is -0.478 e. The SMILES string of the molecule is CCc1nc2c(C(=O)O)cccc2n1CC1CCOC1. The van der Waals surface area contributed by atoms with Crippen molar-refractivity contribution < 1.29 is 14.6 Å². The van der Waals surface area contributed by atoms with Crippen molar-refractivity contribution in [3.8, 4) is 0 Å². The molecule has 1 saturated heterocycles. The van der Waals surface area contributed by atoms with Gasteiger partial charge in [-0.3, -0.25) is 0 Å². The third-order valence-electron chi connectivity index (χ3n) is 3.87. The average Bonchev–Trinajstić information content (AvgIpc) is 3.06. The second-order valence-electron chi connectivity index (χ2n) is 5.20. The van der Waals surface area contributed by atoms with Gasteiger partial charge in [0.2, 0.25) is 0 Å². The Morgan fingerprint density at radius 2 is 2.40 bits per heavy atom. The number of ether oxygens (including phenoxy) is 1. The van der Waals surface area contributed by atoms with Crippen molar-refractivity contribution in [2.75, 3.05) is 13.2 Å². The van der Waals surface area contributed by atoms with E-state index in [2.05, 4.69) is 9.55 Å². The summed E-state index contributed by atoms with van der Waals surface area (Å²) in [5, 5.41) is 9.27. The first-order valence-corrected chi connectivity index (χ1v) is 7.00. The molecule has 0 saturated carbocycles. The Morgan fingerprint density at radius 3 is 3.05 bits per heavy atom. The third kappa shape index (κ3) is 2.18. The van der Waals surface area contributed by atoms with E-state index in [0.717, 1.165) is 43.9 Å². The van der Waals surface area contributed by atoms with Gasteiger partial charge in [-0.05, 0) is 18.6 Å². The van der Waals surface area contributed by atoms with Gasteiger partial charge in [-0.15, -0.1) is 0 Å². The Labute approximate surface area is 117 Å². The molecule has 1 aromatic heterocycles. The molecule has 0 bridgehead atoms. The molecule has 1 atom stereocenters. The van der Waals surface area contributed by atoms with E-state index in [-0.39, 0.29) is 5.56 Å². The Kier molecular flexibility index (Phi) is 3.44. The van der Waals surface area contributed by atoms with Crippen molar-refractivity contribution in [2.24, 2.45) is 5.92 Å². The quantitative estimate of drug-likeness (QED) is 0.929. The highest BCUT2D eigenvalue weighted by molar-refractivity contribution is 6.01. The maximum absolute atomic E-state index is 11.3. The molecule has 1 aromatic carbocycles. The molecule has 0 radical (unpaired) electrons. The van der Waals surface area contributed by atoms with Gasteiger partial charge in [0.25, 0.3) is 0 Å². The maximum Gasteiger partial charge on any atom is 0.337 e. The largest absolute Gasteiger partial charge is 0.478 e. The topological polar surface area (TPSA) is 64.3 Å². The lowest BCUT2D eigenvalue weighted by Gasteiger charge is -2.12. The van der Waals surface area contributed by atoms with Gasteiger partial charge in [-0.25, -0.2) is 9.78 Å². The van der Waals surface area contributed by atoms with Crippen LogP contribution in [-0.2, 0) is 17.7 Å². The number of para-hydroxylation sites is 1. The summed E-state index contributed by atoms with van der Waals surface area (Å²) in [5.41, 5.74) is 1.78. The zero-order chi connectivity index (χ0) is 14.1. The molecule has 1 unspecified atom stereocenters. The molecule has 0 amide bonds. The third-order valence-corrected chi connectivity index (χ3v) is 3.87. The predicted octanol–water partition coefficient (Wildman–Crippen LogP) is 2.33. The summed E-state index contributed by atoms with van der Waals surface area (Å²) in [7, 11) is 0. The highest BCUT2D eigenvalue weighted by Gasteiger charge is 2.21. The van der Waals surface area contributed by atoms with Gasteiger partial charge in [0.15, 0.2) is 0 Å². The number of nitrogens with zero attached hydrogens (tertiary/aromatic N) is 2. The Morgan fingerprint density at radius 1 is 1.55 bits per heavy atom. The number of aromatic carboxylic acids is 1. The van der Waals surface area contributed by atoms with Gasteiger partial charge in [0, 0.05) is 25.5 Å². The molecule has 1 fully saturated rings. The molecular formula is C15H18N2O3. The van der Waals surface area contributed by atoms with Crippen LogP contribution in [0.3, 0.4) is 0 Å². The minimum atomic E-state index is -0.924. The first kappa shape index (κ1) is 13.1. The number of aryl methyl sites for hydroxylation is 1. The van der Waals surface area contributed by atoms with Crippen molar-refractivity contribution in [1.82, 2.24) is 9.55 Å². The van der Waals surface area contributed by atoms with Gasteiger partial charge >= 0.3 is 5.97 Å². The van der Waals surface area contributed by atoms with Gasteiger partial charge in [-0.2, -0.15) is 0 Å².